The number of methoxy groups -OCH3 is 1. The molecule has 0 fully saturated rings. The van der Waals surface area contributed by atoms with Gasteiger partial charge in [-0.15, -0.1) is 0 Å². The average molecular weight is 229 g/mol. The molecule has 1 atom stereocenters. The van der Waals surface area contributed by atoms with E-state index < -0.39 is 23.6 Å². The summed E-state index contributed by atoms with van der Waals surface area (Å²) >= 11 is 0. The Labute approximate surface area is 92.2 Å². The molecule has 1 aromatic carbocycles. The molecule has 2 N–H and O–H groups in total. The minimum absolute atomic E-state index is 0.0538. The molecule has 1 aromatic rings. The van der Waals surface area contributed by atoms with Crippen molar-refractivity contribution in [2.45, 2.75) is 18.9 Å². The fraction of sp³-hybridized carbons (Fsp3) is 0.364. The molecule has 0 heterocycles. The van der Waals surface area contributed by atoms with Gasteiger partial charge in [-0.05, 0) is 25.0 Å². The third-order valence-corrected chi connectivity index (χ3v) is 2.27. The van der Waals surface area contributed by atoms with Crippen molar-refractivity contribution in [2.24, 2.45) is 5.73 Å². The third kappa shape index (κ3) is 3.00. The SMILES string of the molecule is COC(=O)C(N)CCc1c(F)cccc1F. The van der Waals surface area contributed by atoms with Gasteiger partial charge < -0.3 is 10.5 Å². The molecule has 16 heavy (non-hydrogen) atoms. The van der Waals surface area contributed by atoms with E-state index in [0.29, 0.717) is 0 Å². The minimum Gasteiger partial charge on any atom is -0.468 e. The molecule has 1 rings (SSSR count). The molecular formula is C11H13F2NO2. The van der Waals surface area contributed by atoms with E-state index in [1.54, 1.807) is 0 Å². The van der Waals surface area contributed by atoms with Gasteiger partial charge in [0.25, 0.3) is 0 Å². The van der Waals surface area contributed by atoms with Gasteiger partial charge in [-0.3, -0.25) is 4.79 Å². The molecule has 0 amide bonds. The molecule has 88 valence electrons. The van der Waals surface area contributed by atoms with Crippen LogP contribution in [0, 0.1) is 11.6 Å². The number of rotatable bonds is 4. The van der Waals surface area contributed by atoms with Crippen LogP contribution in [0.5, 0.6) is 0 Å². The van der Waals surface area contributed by atoms with Gasteiger partial charge in [0.1, 0.15) is 17.7 Å². The number of hydrogen-bond donors (Lipinski definition) is 1. The van der Waals surface area contributed by atoms with Crippen LogP contribution in [-0.2, 0) is 16.0 Å². The Balaban J connectivity index is 2.64. The van der Waals surface area contributed by atoms with Crippen molar-refractivity contribution in [1.29, 1.82) is 0 Å². The van der Waals surface area contributed by atoms with Crippen LogP contribution in [-0.4, -0.2) is 19.1 Å². The van der Waals surface area contributed by atoms with Crippen LogP contribution in [0.4, 0.5) is 8.78 Å². The maximum atomic E-state index is 13.2. The number of esters is 1. The number of benzene rings is 1. The first-order valence-corrected chi connectivity index (χ1v) is 4.82. The predicted octanol–water partition coefficient (Wildman–Crippen LogP) is 1.40. The Morgan fingerprint density at radius 2 is 2.00 bits per heavy atom. The van der Waals surface area contributed by atoms with Gasteiger partial charge in [-0.2, -0.15) is 0 Å². The van der Waals surface area contributed by atoms with Crippen LogP contribution in [0.3, 0.4) is 0 Å². The number of carbonyl (C=O) groups is 1. The molecule has 3 nitrogen and oxygen atoms in total. The smallest absolute Gasteiger partial charge is 0.322 e. The van der Waals surface area contributed by atoms with Gasteiger partial charge in [-0.25, -0.2) is 8.78 Å². The predicted molar refractivity (Wildman–Crippen MR) is 54.7 cm³/mol. The Morgan fingerprint density at radius 1 is 1.44 bits per heavy atom. The van der Waals surface area contributed by atoms with Gasteiger partial charge in [0.2, 0.25) is 0 Å². The quantitative estimate of drug-likeness (QED) is 0.794. The molecule has 1 unspecified atom stereocenters. The molecular weight excluding hydrogens is 216 g/mol. The summed E-state index contributed by atoms with van der Waals surface area (Å²) in [7, 11) is 1.21. The molecule has 0 radical (unpaired) electrons. The molecule has 5 heteroatoms. The van der Waals surface area contributed by atoms with Crippen LogP contribution in [0.1, 0.15) is 12.0 Å². The first-order chi connectivity index (χ1) is 7.56. The molecule has 0 saturated carbocycles. The van der Waals surface area contributed by atoms with E-state index in [9.17, 15) is 13.6 Å². The maximum absolute atomic E-state index is 13.2. The van der Waals surface area contributed by atoms with Crippen molar-refractivity contribution in [3.05, 3.63) is 35.4 Å². The molecule has 0 aliphatic carbocycles. The number of ether oxygens (including phenoxy) is 1. The number of nitrogens with two attached hydrogens (primary N) is 1. The summed E-state index contributed by atoms with van der Waals surface area (Å²) in [6.45, 7) is 0. The molecule has 0 bridgehead atoms. The standard InChI is InChI=1S/C11H13F2NO2/c1-16-11(15)10(14)6-5-7-8(12)3-2-4-9(7)13/h2-4,10H,5-6,14H2,1H3. The summed E-state index contributed by atoms with van der Waals surface area (Å²) in [5.41, 5.74) is 5.40. The Morgan fingerprint density at radius 3 is 2.50 bits per heavy atom. The maximum Gasteiger partial charge on any atom is 0.322 e. The van der Waals surface area contributed by atoms with Crippen LogP contribution < -0.4 is 5.73 Å². The Bertz CT molecular complexity index is 362. The molecule has 0 aliphatic heterocycles. The fourth-order valence-corrected chi connectivity index (χ4v) is 1.34. The highest BCUT2D eigenvalue weighted by molar-refractivity contribution is 5.75. The van der Waals surface area contributed by atoms with Gasteiger partial charge in [0.05, 0.1) is 7.11 Å². The summed E-state index contributed by atoms with van der Waals surface area (Å²) in [5, 5.41) is 0. The number of hydrogen-bond acceptors (Lipinski definition) is 3. The van der Waals surface area contributed by atoms with E-state index >= 15 is 0 Å². The van der Waals surface area contributed by atoms with Crippen LogP contribution in [0.15, 0.2) is 18.2 Å². The third-order valence-electron chi connectivity index (χ3n) is 2.27. The lowest BCUT2D eigenvalue weighted by molar-refractivity contribution is -0.142. The normalized spacial score (nSPS) is 12.2. The minimum atomic E-state index is -0.857. The van der Waals surface area contributed by atoms with E-state index in [1.807, 2.05) is 0 Å². The zero-order chi connectivity index (χ0) is 12.1. The topological polar surface area (TPSA) is 52.3 Å². The zero-order valence-corrected chi connectivity index (χ0v) is 8.87. The van der Waals surface area contributed by atoms with Crippen LogP contribution in [0.2, 0.25) is 0 Å². The van der Waals surface area contributed by atoms with E-state index in [-0.39, 0.29) is 18.4 Å². The summed E-state index contributed by atoms with van der Waals surface area (Å²) < 4.78 is 30.8. The molecule has 0 aromatic heterocycles. The average Bonchev–Trinajstić information content (AvgIpc) is 2.27. The Kier molecular flexibility index (Phi) is 4.37. The van der Waals surface area contributed by atoms with Crippen LogP contribution in [0.25, 0.3) is 0 Å². The van der Waals surface area contributed by atoms with Crippen molar-refractivity contribution < 1.29 is 18.3 Å². The van der Waals surface area contributed by atoms with Crippen molar-refractivity contribution in [3.63, 3.8) is 0 Å². The van der Waals surface area contributed by atoms with Crippen molar-refractivity contribution in [1.82, 2.24) is 0 Å². The largest absolute Gasteiger partial charge is 0.468 e. The molecule has 0 aliphatic rings. The monoisotopic (exact) mass is 229 g/mol. The van der Waals surface area contributed by atoms with Gasteiger partial charge >= 0.3 is 5.97 Å². The van der Waals surface area contributed by atoms with E-state index in [2.05, 4.69) is 4.74 Å². The lowest BCUT2D eigenvalue weighted by atomic mass is 10.0. The van der Waals surface area contributed by atoms with E-state index in [4.69, 9.17) is 5.73 Å². The summed E-state index contributed by atoms with van der Waals surface area (Å²) in [5.74, 6) is -1.84. The highest BCUT2D eigenvalue weighted by Gasteiger charge is 2.16. The van der Waals surface area contributed by atoms with Crippen LogP contribution >= 0.6 is 0 Å². The number of carbonyl (C=O) groups excluding carboxylic acids is 1. The highest BCUT2D eigenvalue weighted by Crippen LogP contribution is 2.14. The summed E-state index contributed by atoms with van der Waals surface area (Å²) in [6.07, 6.45) is 0.208. The zero-order valence-electron chi connectivity index (χ0n) is 8.87. The Hall–Kier alpha value is -1.49. The second kappa shape index (κ2) is 5.55. The highest BCUT2D eigenvalue weighted by atomic mass is 19.1. The lowest BCUT2D eigenvalue weighted by Gasteiger charge is -2.09. The molecule has 0 saturated heterocycles. The summed E-state index contributed by atoms with van der Waals surface area (Å²) in [4.78, 5) is 11.0. The van der Waals surface area contributed by atoms with E-state index in [0.717, 1.165) is 0 Å². The number of halogens is 2. The first kappa shape index (κ1) is 12.6. The first-order valence-electron chi connectivity index (χ1n) is 4.82. The summed E-state index contributed by atoms with van der Waals surface area (Å²) in [6, 6.07) is 2.77. The van der Waals surface area contributed by atoms with E-state index in [1.165, 1.54) is 25.3 Å². The molecule has 0 spiro atoms. The lowest BCUT2D eigenvalue weighted by Crippen LogP contribution is -2.32. The van der Waals surface area contributed by atoms with Crippen molar-refractivity contribution in [2.75, 3.05) is 7.11 Å². The fourth-order valence-electron chi connectivity index (χ4n) is 1.34. The second-order valence-electron chi connectivity index (χ2n) is 3.37. The van der Waals surface area contributed by atoms with Gasteiger partial charge in [-0.1, -0.05) is 6.07 Å². The second-order valence-corrected chi connectivity index (χ2v) is 3.37. The van der Waals surface area contributed by atoms with Crippen molar-refractivity contribution >= 4 is 5.97 Å². The van der Waals surface area contributed by atoms with Gasteiger partial charge in [0.15, 0.2) is 0 Å². The van der Waals surface area contributed by atoms with Crippen molar-refractivity contribution in [3.8, 4) is 0 Å². The van der Waals surface area contributed by atoms with Gasteiger partial charge in [0, 0.05) is 5.56 Å².